The molecule has 142 valence electrons. The second-order valence-corrected chi connectivity index (χ2v) is 7.59. The van der Waals surface area contributed by atoms with Gasteiger partial charge in [0.05, 0.1) is 6.61 Å². The standard InChI is InChI=1S/C22H25BrN2O2/c1-3-5-6-16(4-2)15-26-20-13-9-18(10-14-20)22-25-24-21(27-22)17-7-11-19(23)12-8-17/h7-14,16H,3-6,15H2,1-2H3/t16-/m1/s1. The van der Waals surface area contributed by atoms with Crippen LogP contribution in [0.3, 0.4) is 0 Å². The minimum Gasteiger partial charge on any atom is -0.493 e. The van der Waals surface area contributed by atoms with E-state index >= 15 is 0 Å². The van der Waals surface area contributed by atoms with Gasteiger partial charge in [-0.2, -0.15) is 0 Å². The number of benzene rings is 2. The van der Waals surface area contributed by atoms with Crippen molar-refractivity contribution in [2.24, 2.45) is 5.92 Å². The molecule has 2 aromatic carbocycles. The van der Waals surface area contributed by atoms with Crippen LogP contribution in [-0.4, -0.2) is 16.8 Å². The number of halogens is 1. The predicted octanol–water partition coefficient (Wildman–Crippen LogP) is 6.76. The molecule has 27 heavy (non-hydrogen) atoms. The molecule has 4 nitrogen and oxygen atoms in total. The fraction of sp³-hybridized carbons (Fsp3) is 0.364. The molecule has 0 amide bonds. The van der Waals surface area contributed by atoms with E-state index in [1.165, 1.54) is 19.3 Å². The van der Waals surface area contributed by atoms with Crippen LogP contribution in [0.5, 0.6) is 5.75 Å². The molecule has 0 aliphatic heterocycles. The van der Waals surface area contributed by atoms with Gasteiger partial charge in [-0.3, -0.25) is 0 Å². The van der Waals surface area contributed by atoms with Gasteiger partial charge in [0.25, 0.3) is 0 Å². The van der Waals surface area contributed by atoms with Gasteiger partial charge in [0.2, 0.25) is 11.8 Å². The Morgan fingerprint density at radius 2 is 1.52 bits per heavy atom. The zero-order valence-corrected chi connectivity index (χ0v) is 17.4. The molecule has 0 saturated carbocycles. The smallest absolute Gasteiger partial charge is 0.248 e. The first-order chi connectivity index (χ1) is 13.2. The molecule has 1 aromatic heterocycles. The van der Waals surface area contributed by atoms with Crippen molar-refractivity contribution in [2.75, 3.05) is 6.61 Å². The third-order valence-corrected chi connectivity index (χ3v) is 5.18. The quantitative estimate of drug-likeness (QED) is 0.377. The number of hydrogen-bond acceptors (Lipinski definition) is 4. The Morgan fingerprint density at radius 1 is 0.926 bits per heavy atom. The van der Waals surface area contributed by atoms with Crippen LogP contribution in [0.2, 0.25) is 0 Å². The molecule has 0 saturated heterocycles. The first-order valence-corrected chi connectivity index (χ1v) is 10.3. The summed E-state index contributed by atoms with van der Waals surface area (Å²) in [5.74, 6) is 2.52. The monoisotopic (exact) mass is 428 g/mol. The summed E-state index contributed by atoms with van der Waals surface area (Å²) in [6, 6.07) is 15.6. The fourth-order valence-corrected chi connectivity index (χ4v) is 3.12. The fourth-order valence-electron chi connectivity index (χ4n) is 2.85. The molecule has 5 heteroatoms. The number of nitrogens with zero attached hydrogens (tertiary/aromatic N) is 2. The Hall–Kier alpha value is -2.14. The number of unbranched alkanes of at least 4 members (excludes halogenated alkanes) is 1. The predicted molar refractivity (Wildman–Crippen MR) is 112 cm³/mol. The van der Waals surface area contributed by atoms with Crippen LogP contribution < -0.4 is 4.74 Å². The van der Waals surface area contributed by atoms with E-state index in [1.807, 2.05) is 48.5 Å². The number of rotatable bonds is 9. The first-order valence-electron chi connectivity index (χ1n) is 9.52. The maximum absolute atomic E-state index is 5.96. The third-order valence-electron chi connectivity index (χ3n) is 4.65. The summed E-state index contributed by atoms with van der Waals surface area (Å²) < 4.78 is 12.8. The van der Waals surface area contributed by atoms with Gasteiger partial charge in [-0.15, -0.1) is 10.2 Å². The molecule has 0 spiro atoms. The van der Waals surface area contributed by atoms with Crippen molar-refractivity contribution < 1.29 is 9.15 Å². The highest BCUT2D eigenvalue weighted by atomic mass is 79.9. The number of ether oxygens (including phenoxy) is 1. The third kappa shape index (κ3) is 5.42. The molecule has 3 rings (SSSR count). The van der Waals surface area contributed by atoms with Crippen LogP contribution in [0.4, 0.5) is 0 Å². The zero-order valence-electron chi connectivity index (χ0n) is 15.8. The maximum atomic E-state index is 5.96. The summed E-state index contributed by atoms with van der Waals surface area (Å²) in [6.45, 7) is 5.22. The summed E-state index contributed by atoms with van der Waals surface area (Å²) in [6.07, 6.45) is 4.88. The maximum Gasteiger partial charge on any atom is 0.248 e. The van der Waals surface area contributed by atoms with Crippen LogP contribution in [0.25, 0.3) is 22.9 Å². The molecule has 3 aromatic rings. The van der Waals surface area contributed by atoms with Crippen LogP contribution in [-0.2, 0) is 0 Å². The van der Waals surface area contributed by atoms with Crippen molar-refractivity contribution >= 4 is 15.9 Å². The molecule has 0 aliphatic rings. The lowest BCUT2D eigenvalue weighted by molar-refractivity contribution is 0.233. The van der Waals surface area contributed by atoms with Gasteiger partial charge in [-0.1, -0.05) is 49.0 Å². The molecule has 1 atom stereocenters. The van der Waals surface area contributed by atoms with Gasteiger partial charge in [0.1, 0.15) is 5.75 Å². The molecule has 0 N–H and O–H groups in total. The van der Waals surface area contributed by atoms with E-state index < -0.39 is 0 Å². The highest BCUT2D eigenvalue weighted by Crippen LogP contribution is 2.26. The van der Waals surface area contributed by atoms with E-state index in [-0.39, 0.29) is 0 Å². The van der Waals surface area contributed by atoms with E-state index in [4.69, 9.17) is 9.15 Å². The van der Waals surface area contributed by atoms with E-state index in [1.54, 1.807) is 0 Å². The van der Waals surface area contributed by atoms with Gasteiger partial charge in [0, 0.05) is 15.6 Å². The summed E-state index contributed by atoms with van der Waals surface area (Å²) in [5, 5.41) is 8.32. The summed E-state index contributed by atoms with van der Waals surface area (Å²) >= 11 is 3.43. The largest absolute Gasteiger partial charge is 0.493 e. The molecule has 0 aliphatic carbocycles. The summed E-state index contributed by atoms with van der Waals surface area (Å²) in [5.41, 5.74) is 1.78. The second kappa shape index (κ2) is 9.70. The first kappa shape index (κ1) is 19.6. The van der Waals surface area contributed by atoms with Crippen LogP contribution in [0.1, 0.15) is 39.5 Å². The van der Waals surface area contributed by atoms with Crippen LogP contribution in [0.15, 0.2) is 57.4 Å². The summed E-state index contributed by atoms with van der Waals surface area (Å²) in [4.78, 5) is 0. The van der Waals surface area contributed by atoms with Crippen molar-refractivity contribution in [3.63, 3.8) is 0 Å². The normalized spacial score (nSPS) is 12.1. The van der Waals surface area contributed by atoms with Gasteiger partial charge >= 0.3 is 0 Å². The van der Waals surface area contributed by atoms with Crippen LogP contribution in [0, 0.1) is 5.92 Å². The van der Waals surface area contributed by atoms with E-state index in [9.17, 15) is 0 Å². The average molecular weight is 429 g/mol. The van der Waals surface area contributed by atoms with Crippen molar-refractivity contribution in [3.8, 4) is 28.7 Å². The second-order valence-electron chi connectivity index (χ2n) is 6.67. The van der Waals surface area contributed by atoms with Crippen molar-refractivity contribution in [1.29, 1.82) is 0 Å². The Kier molecular flexibility index (Phi) is 7.04. The topological polar surface area (TPSA) is 48.2 Å². The molecule has 0 fully saturated rings. The van der Waals surface area contributed by atoms with Crippen molar-refractivity contribution in [1.82, 2.24) is 10.2 Å². The van der Waals surface area contributed by atoms with Gasteiger partial charge in [0.15, 0.2) is 0 Å². The lowest BCUT2D eigenvalue weighted by atomic mass is 10.0. The number of hydrogen-bond donors (Lipinski definition) is 0. The van der Waals surface area contributed by atoms with Crippen LogP contribution >= 0.6 is 15.9 Å². The molecule has 1 heterocycles. The Labute approximate surface area is 169 Å². The Balaban J connectivity index is 1.63. The molecular formula is C22H25BrN2O2. The average Bonchev–Trinajstić information content (AvgIpc) is 3.19. The summed E-state index contributed by atoms with van der Waals surface area (Å²) in [7, 11) is 0. The minimum atomic E-state index is 0.508. The Morgan fingerprint density at radius 3 is 2.07 bits per heavy atom. The van der Waals surface area contributed by atoms with E-state index in [0.29, 0.717) is 17.7 Å². The number of aromatic nitrogens is 2. The molecular weight excluding hydrogens is 404 g/mol. The van der Waals surface area contributed by atoms with E-state index in [0.717, 1.165) is 34.4 Å². The molecule has 0 bridgehead atoms. The minimum absolute atomic E-state index is 0.508. The molecule has 0 radical (unpaired) electrons. The van der Waals surface area contributed by atoms with Crippen molar-refractivity contribution in [2.45, 2.75) is 39.5 Å². The highest BCUT2D eigenvalue weighted by Gasteiger charge is 2.11. The SMILES string of the molecule is CCCC[C@@H](CC)COc1ccc(-c2nnc(-c3ccc(Br)cc3)o2)cc1. The van der Waals surface area contributed by atoms with E-state index in [2.05, 4.69) is 40.0 Å². The lowest BCUT2D eigenvalue weighted by Gasteiger charge is -2.15. The highest BCUT2D eigenvalue weighted by molar-refractivity contribution is 9.10. The van der Waals surface area contributed by atoms with Crippen molar-refractivity contribution in [3.05, 3.63) is 53.0 Å². The van der Waals surface area contributed by atoms with Gasteiger partial charge in [-0.25, -0.2) is 0 Å². The van der Waals surface area contributed by atoms with Gasteiger partial charge < -0.3 is 9.15 Å². The zero-order chi connectivity index (χ0) is 19.1. The lowest BCUT2D eigenvalue weighted by Crippen LogP contribution is -2.11. The molecule has 0 unspecified atom stereocenters. The Bertz CT molecular complexity index is 828. The van der Waals surface area contributed by atoms with Gasteiger partial charge in [-0.05, 0) is 60.9 Å².